The van der Waals surface area contributed by atoms with Crippen molar-refractivity contribution in [3.63, 3.8) is 0 Å². The lowest BCUT2D eigenvalue weighted by Crippen LogP contribution is -2.60. The van der Waals surface area contributed by atoms with E-state index >= 15 is 0 Å². The lowest BCUT2D eigenvalue weighted by atomic mass is 9.96. The van der Waals surface area contributed by atoms with Gasteiger partial charge in [-0.3, -0.25) is 0 Å². The van der Waals surface area contributed by atoms with Crippen molar-refractivity contribution in [1.82, 2.24) is 0 Å². The van der Waals surface area contributed by atoms with Crippen LogP contribution in [0.3, 0.4) is 0 Å². The van der Waals surface area contributed by atoms with E-state index in [1.54, 1.807) is 12.1 Å². The van der Waals surface area contributed by atoms with Crippen molar-refractivity contribution in [3.8, 4) is 0 Å². The summed E-state index contributed by atoms with van der Waals surface area (Å²) in [6, 6.07) is 6.18. The van der Waals surface area contributed by atoms with E-state index in [1.807, 2.05) is 0 Å². The molecule has 0 atom stereocenters. The molecular formula is C15H16F6O2. The third kappa shape index (κ3) is 4.06. The van der Waals surface area contributed by atoms with Gasteiger partial charge < -0.3 is 9.84 Å². The van der Waals surface area contributed by atoms with Crippen molar-refractivity contribution in [2.45, 2.75) is 37.4 Å². The molecule has 0 saturated heterocycles. The van der Waals surface area contributed by atoms with Gasteiger partial charge in [0.25, 0.3) is 5.60 Å². The van der Waals surface area contributed by atoms with Crippen molar-refractivity contribution >= 4 is 6.08 Å². The molecule has 0 radical (unpaired) electrons. The molecule has 1 rings (SSSR count). The topological polar surface area (TPSA) is 29.5 Å². The van der Waals surface area contributed by atoms with Crippen LogP contribution < -0.4 is 0 Å². The Hall–Kier alpha value is -1.54. The van der Waals surface area contributed by atoms with Crippen LogP contribution >= 0.6 is 0 Å². The molecule has 0 saturated carbocycles. The Morgan fingerprint density at radius 2 is 1.43 bits per heavy atom. The fraction of sp³-hybridized carbons (Fsp3) is 0.467. The quantitative estimate of drug-likeness (QED) is 0.802. The van der Waals surface area contributed by atoms with Crippen LogP contribution in [0.2, 0.25) is 0 Å². The second-order valence-electron chi connectivity index (χ2n) is 5.48. The Kier molecular flexibility index (Phi) is 5.23. The maximum atomic E-state index is 12.6. The third-order valence-corrected chi connectivity index (χ3v) is 3.42. The summed E-state index contributed by atoms with van der Waals surface area (Å²) in [5.74, 6) is 0. The van der Waals surface area contributed by atoms with Gasteiger partial charge in [0.1, 0.15) is 0 Å². The van der Waals surface area contributed by atoms with Gasteiger partial charge in [-0.05, 0) is 25.0 Å². The van der Waals surface area contributed by atoms with Crippen molar-refractivity contribution in [2.75, 3.05) is 6.61 Å². The monoisotopic (exact) mass is 342 g/mol. The molecule has 1 aromatic carbocycles. The molecule has 0 bridgehead atoms. The Morgan fingerprint density at radius 1 is 1.00 bits per heavy atom. The minimum Gasteiger partial charge on any atom is -0.372 e. The van der Waals surface area contributed by atoms with E-state index in [0.717, 1.165) is 5.56 Å². The summed E-state index contributed by atoms with van der Waals surface area (Å²) in [4.78, 5) is 0. The molecule has 2 nitrogen and oxygen atoms in total. The molecule has 0 aliphatic rings. The summed E-state index contributed by atoms with van der Waals surface area (Å²) in [5.41, 5.74) is -5.32. The number of ether oxygens (including phenoxy) is 1. The Balaban J connectivity index is 3.01. The summed E-state index contributed by atoms with van der Waals surface area (Å²) >= 11 is 0. The van der Waals surface area contributed by atoms with Crippen LogP contribution in [0.1, 0.15) is 25.0 Å². The highest BCUT2D eigenvalue weighted by Gasteiger charge is 2.71. The number of hydrogen-bond acceptors (Lipinski definition) is 2. The molecule has 0 aliphatic heterocycles. The lowest BCUT2D eigenvalue weighted by Gasteiger charge is -2.35. The van der Waals surface area contributed by atoms with E-state index in [2.05, 4.69) is 6.58 Å². The van der Waals surface area contributed by atoms with Crippen molar-refractivity contribution in [2.24, 2.45) is 0 Å². The van der Waals surface area contributed by atoms with E-state index in [4.69, 9.17) is 9.84 Å². The SMILES string of the molecule is C=Cc1ccc(C(C)(C)OCC(O)(C(F)(F)F)C(F)(F)F)cc1. The van der Waals surface area contributed by atoms with E-state index in [-0.39, 0.29) is 0 Å². The standard InChI is InChI=1S/C15H16F6O2/c1-4-10-5-7-11(8-6-10)12(2,3)23-9-13(22,14(16,17)18)15(19,20)21/h4-8,22H,1,9H2,2-3H3. The highest BCUT2D eigenvalue weighted by Crippen LogP contribution is 2.44. The maximum absolute atomic E-state index is 12.6. The molecule has 0 fully saturated rings. The second kappa shape index (κ2) is 6.16. The van der Waals surface area contributed by atoms with Crippen LogP contribution in [-0.2, 0) is 10.3 Å². The predicted octanol–water partition coefficient (Wildman–Crippen LogP) is 4.44. The first-order valence-electron chi connectivity index (χ1n) is 6.47. The van der Waals surface area contributed by atoms with Gasteiger partial charge in [0.15, 0.2) is 0 Å². The van der Waals surface area contributed by atoms with Gasteiger partial charge in [-0.15, -0.1) is 0 Å². The minimum atomic E-state index is -5.91. The van der Waals surface area contributed by atoms with Crippen LogP contribution in [0.25, 0.3) is 6.08 Å². The molecule has 1 N–H and O–H groups in total. The smallest absolute Gasteiger partial charge is 0.372 e. The molecule has 0 aromatic heterocycles. The number of hydrogen-bond donors (Lipinski definition) is 1. The molecule has 0 heterocycles. The third-order valence-electron chi connectivity index (χ3n) is 3.42. The van der Waals surface area contributed by atoms with Crippen molar-refractivity contribution in [1.29, 1.82) is 0 Å². The largest absolute Gasteiger partial charge is 0.428 e. The number of rotatable bonds is 5. The first kappa shape index (κ1) is 19.5. The van der Waals surface area contributed by atoms with Crippen LogP contribution in [0, 0.1) is 0 Å². The van der Waals surface area contributed by atoms with Crippen molar-refractivity contribution < 1.29 is 36.2 Å². The van der Waals surface area contributed by atoms with Gasteiger partial charge in [0.2, 0.25) is 0 Å². The highest BCUT2D eigenvalue weighted by atomic mass is 19.4. The first-order valence-corrected chi connectivity index (χ1v) is 6.47. The van der Waals surface area contributed by atoms with E-state index in [1.165, 1.54) is 32.1 Å². The minimum absolute atomic E-state index is 0.356. The van der Waals surface area contributed by atoms with Gasteiger partial charge in [-0.2, -0.15) is 26.3 Å². The average molecular weight is 342 g/mol. The average Bonchev–Trinajstić information content (AvgIpc) is 2.42. The second-order valence-corrected chi connectivity index (χ2v) is 5.48. The molecule has 0 amide bonds. The van der Waals surface area contributed by atoms with Crippen molar-refractivity contribution in [3.05, 3.63) is 42.0 Å². The highest BCUT2D eigenvalue weighted by molar-refractivity contribution is 5.47. The molecule has 0 aliphatic carbocycles. The summed E-state index contributed by atoms with van der Waals surface area (Å²) in [5, 5.41) is 9.09. The van der Waals surface area contributed by atoms with Crippen LogP contribution in [0.5, 0.6) is 0 Å². The van der Waals surface area contributed by atoms with E-state index in [0.29, 0.717) is 5.56 Å². The first-order chi connectivity index (χ1) is 10.2. The summed E-state index contributed by atoms with van der Waals surface area (Å²) in [6.07, 6.45) is -10.3. The Labute approximate surface area is 129 Å². The number of alkyl halides is 6. The van der Waals surface area contributed by atoms with Gasteiger partial charge >= 0.3 is 12.4 Å². The van der Waals surface area contributed by atoms with Crippen LogP contribution in [-0.4, -0.2) is 29.7 Å². The molecule has 0 unspecified atom stereocenters. The molecule has 23 heavy (non-hydrogen) atoms. The molecule has 8 heteroatoms. The predicted molar refractivity (Wildman–Crippen MR) is 72.6 cm³/mol. The van der Waals surface area contributed by atoms with Gasteiger partial charge in [-0.25, -0.2) is 0 Å². The number of aliphatic hydroxyl groups is 1. The summed E-state index contributed by atoms with van der Waals surface area (Å²) in [6.45, 7) is 4.19. The summed E-state index contributed by atoms with van der Waals surface area (Å²) in [7, 11) is 0. The van der Waals surface area contributed by atoms with Crippen LogP contribution in [0.4, 0.5) is 26.3 Å². The molecular weight excluding hydrogens is 326 g/mol. The summed E-state index contributed by atoms with van der Waals surface area (Å²) < 4.78 is 80.5. The maximum Gasteiger partial charge on any atom is 0.428 e. The van der Waals surface area contributed by atoms with Crippen LogP contribution in [0.15, 0.2) is 30.8 Å². The Morgan fingerprint density at radius 3 is 1.78 bits per heavy atom. The van der Waals surface area contributed by atoms with Gasteiger partial charge in [0.05, 0.1) is 12.2 Å². The molecule has 130 valence electrons. The number of halogens is 6. The lowest BCUT2D eigenvalue weighted by molar-refractivity contribution is -0.382. The van der Waals surface area contributed by atoms with E-state index < -0.39 is 30.2 Å². The van der Waals surface area contributed by atoms with E-state index in [9.17, 15) is 26.3 Å². The number of benzene rings is 1. The zero-order valence-electron chi connectivity index (χ0n) is 12.4. The fourth-order valence-corrected chi connectivity index (χ4v) is 1.71. The Bertz CT molecular complexity index is 529. The van der Waals surface area contributed by atoms with Gasteiger partial charge in [-0.1, -0.05) is 36.9 Å². The molecule has 1 aromatic rings. The molecule has 0 spiro atoms. The zero-order valence-corrected chi connectivity index (χ0v) is 12.4. The fourth-order valence-electron chi connectivity index (χ4n) is 1.71. The van der Waals surface area contributed by atoms with Gasteiger partial charge in [0, 0.05) is 0 Å². The normalized spacial score (nSPS) is 14.0. The zero-order chi connectivity index (χ0) is 18.1.